The Kier molecular flexibility index (Phi) is 5.89. The van der Waals surface area contributed by atoms with Gasteiger partial charge in [0.1, 0.15) is 23.2 Å². The zero-order valence-electron chi connectivity index (χ0n) is 17.2. The summed E-state index contributed by atoms with van der Waals surface area (Å²) in [5.74, 6) is -1.44. The Labute approximate surface area is 183 Å². The van der Waals surface area contributed by atoms with E-state index in [0.717, 1.165) is 16.7 Å². The molecule has 4 rings (SSSR count). The van der Waals surface area contributed by atoms with Gasteiger partial charge in [-0.3, -0.25) is 4.79 Å². The molecule has 7 heteroatoms. The van der Waals surface area contributed by atoms with Crippen LogP contribution in [0, 0.1) is 5.82 Å². The molecule has 0 aliphatic heterocycles. The van der Waals surface area contributed by atoms with Gasteiger partial charge in [0.25, 0.3) is 5.91 Å². The van der Waals surface area contributed by atoms with Crippen molar-refractivity contribution in [1.29, 1.82) is 0 Å². The molecular weight excluding hydrogens is 413 g/mol. The molecule has 1 amide bonds. The quantitative estimate of drug-likeness (QED) is 0.442. The normalized spacial score (nSPS) is 11.8. The smallest absolute Gasteiger partial charge is 0.326 e. The molecule has 0 aliphatic rings. The summed E-state index contributed by atoms with van der Waals surface area (Å²) in [6.07, 6.45) is 0.0961. The number of halogens is 1. The second-order valence-corrected chi connectivity index (χ2v) is 7.29. The fraction of sp³-hybridized carbons (Fsp3) is 0.120. The molecule has 6 nitrogen and oxygen atoms in total. The average Bonchev–Trinajstić information content (AvgIpc) is 3.23. The molecule has 0 fully saturated rings. The van der Waals surface area contributed by atoms with E-state index in [1.165, 1.54) is 12.1 Å². The first kappa shape index (κ1) is 21.1. The summed E-state index contributed by atoms with van der Waals surface area (Å²) in [5, 5.41) is 12.8. The predicted molar refractivity (Wildman–Crippen MR) is 117 cm³/mol. The van der Waals surface area contributed by atoms with E-state index in [1.54, 1.807) is 55.6 Å². The molecule has 1 atom stereocenters. The maximum Gasteiger partial charge on any atom is 0.326 e. The minimum atomic E-state index is -1.15. The van der Waals surface area contributed by atoms with E-state index in [9.17, 15) is 19.1 Å². The first-order valence-electron chi connectivity index (χ1n) is 9.89. The number of amides is 1. The number of benzene rings is 3. The highest BCUT2D eigenvalue weighted by molar-refractivity contribution is 5.98. The van der Waals surface area contributed by atoms with Crippen LogP contribution >= 0.6 is 0 Å². The van der Waals surface area contributed by atoms with Crippen LogP contribution in [0.25, 0.3) is 22.1 Å². The lowest BCUT2D eigenvalue weighted by Gasteiger charge is -2.14. The average molecular weight is 433 g/mol. The maximum absolute atomic E-state index is 13.1. The molecule has 162 valence electrons. The number of furan rings is 1. The molecule has 4 aromatic rings. The van der Waals surface area contributed by atoms with Gasteiger partial charge in [-0.25, -0.2) is 9.18 Å². The number of carboxylic acids is 1. The fourth-order valence-electron chi connectivity index (χ4n) is 3.40. The van der Waals surface area contributed by atoms with Gasteiger partial charge in [0.2, 0.25) is 0 Å². The van der Waals surface area contributed by atoms with Crippen molar-refractivity contribution in [3.8, 4) is 16.9 Å². The number of aliphatic carboxylic acids is 1. The number of hydrogen-bond acceptors (Lipinski definition) is 4. The standard InChI is InChI=1S/C25H20FNO5/c1-31-20-10-11-22-18(13-20)14-23(32-22)24(28)27-21(25(29)30)12-15-2-4-16(5-3-15)17-6-8-19(26)9-7-17/h2-11,13-14,21H,12H2,1H3,(H,27,28)(H,29,30)/t21-/m0/s1. The molecule has 0 unspecified atom stereocenters. The molecule has 0 saturated heterocycles. The third-order valence-corrected chi connectivity index (χ3v) is 5.12. The van der Waals surface area contributed by atoms with Gasteiger partial charge in [-0.1, -0.05) is 36.4 Å². The number of fused-ring (bicyclic) bond motifs is 1. The summed E-state index contributed by atoms with van der Waals surface area (Å²) in [5.41, 5.74) is 2.96. The highest BCUT2D eigenvalue weighted by Crippen LogP contribution is 2.24. The summed E-state index contributed by atoms with van der Waals surface area (Å²) < 4.78 is 23.8. The Bertz CT molecular complexity index is 1260. The summed E-state index contributed by atoms with van der Waals surface area (Å²) in [4.78, 5) is 24.4. The van der Waals surface area contributed by atoms with Crippen molar-refractivity contribution < 1.29 is 28.2 Å². The highest BCUT2D eigenvalue weighted by Gasteiger charge is 2.23. The molecule has 0 aliphatic carbocycles. The van der Waals surface area contributed by atoms with E-state index in [0.29, 0.717) is 16.7 Å². The molecule has 2 N–H and O–H groups in total. The predicted octanol–water partition coefficient (Wildman–Crippen LogP) is 4.67. The number of ether oxygens (including phenoxy) is 1. The molecule has 1 aromatic heterocycles. The van der Waals surface area contributed by atoms with Crippen LogP contribution in [0.15, 0.2) is 77.2 Å². The molecular formula is C25H20FNO5. The van der Waals surface area contributed by atoms with Gasteiger partial charge >= 0.3 is 5.97 Å². The van der Waals surface area contributed by atoms with Crippen LogP contribution in [0.4, 0.5) is 4.39 Å². The first-order chi connectivity index (χ1) is 15.4. The van der Waals surface area contributed by atoms with Gasteiger partial charge in [-0.15, -0.1) is 0 Å². The lowest BCUT2D eigenvalue weighted by atomic mass is 10.0. The fourth-order valence-corrected chi connectivity index (χ4v) is 3.40. The van der Waals surface area contributed by atoms with Crippen LogP contribution in [0.3, 0.4) is 0 Å². The van der Waals surface area contributed by atoms with Crippen LogP contribution < -0.4 is 10.1 Å². The molecule has 32 heavy (non-hydrogen) atoms. The second-order valence-electron chi connectivity index (χ2n) is 7.29. The largest absolute Gasteiger partial charge is 0.497 e. The van der Waals surface area contributed by atoms with Crippen LogP contribution in [0.1, 0.15) is 16.1 Å². The maximum atomic E-state index is 13.1. The van der Waals surface area contributed by atoms with Crippen molar-refractivity contribution in [3.05, 3.63) is 89.9 Å². The van der Waals surface area contributed by atoms with E-state index in [4.69, 9.17) is 9.15 Å². The third kappa shape index (κ3) is 4.62. The van der Waals surface area contributed by atoms with Crippen molar-refractivity contribution in [2.45, 2.75) is 12.5 Å². The minimum Gasteiger partial charge on any atom is -0.497 e. The van der Waals surface area contributed by atoms with Gasteiger partial charge in [-0.2, -0.15) is 0 Å². The zero-order chi connectivity index (χ0) is 22.7. The minimum absolute atomic E-state index is 0.0196. The molecule has 0 bridgehead atoms. The van der Waals surface area contributed by atoms with Crippen LogP contribution in [0.2, 0.25) is 0 Å². The van der Waals surface area contributed by atoms with Crippen molar-refractivity contribution in [2.24, 2.45) is 0 Å². The van der Waals surface area contributed by atoms with Gasteiger partial charge < -0.3 is 19.6 Å². The summed E-state index contributed by atoms with van der Waals surface area (Å²) in [6, 6.07) is 18.9. The van der Waals surface area contributed by atoms with Crippen molar-refractivity contribution >= 4 is 22.8 Å². The van der Waals surface area contributed by atoms with E-state index in [2.05, 4.69) is 5.32 Å². The molecule has 0 spiro atoms. The van der Waals surface area contributed by atoms with Crippen molar-refractivity contribution in [1.82, 2.24) is 5.32 Å². The molecule has 1 heterocycles. The Morgan fingerprint density at radius 2 is 1.66 bits per heavy atom. The summed E-state index contributed by atoms with van der Waals surface area (Å²) in [7, 11) is 1.54. The van der Waals surface area contributed by atoms with E-state index >= 15 is 0 Å². The van der Waals surface area contributed by atoms with Gasteiger partial charge in [0, 0.05) is 11.8 Å². The van der Waals surface area contributed by atoms with Gasteiger partial charge in [0.05, 0.1) is 7.11 Å². The number of carbonyl (C=O) groups excluding carboxylic acids is 1. The van der Waals surface area contributed by atoms with Gasteiger partial charge in [0.15, 0.2) is 5.76 Å². The molecule has 3 aromatic carbocycles. The van der Waals surface area contributed by atoms with Crippen molar-refractivity contribution in [2.75, 3.05) is 7.11 Å². The first-order valence-corrected chi connectivity index (χ1v) is 9.89. The lowest BCUT2D eigenvalue weighted by Crippen LogP contribution is -2.42. The SMILES string of the molecule is COc1ccc2oc(C(=O)N[C@@H](Cc3ccc(-c4ccc(F)cc4)cc3)C(=O)O)cc2c1. The number of carbonyl (C=O) groups is 2. The number of carboxylic acid groups (broad SMARTS) is 1. The zero-order valence-corrected chi connectivity index (χ0v) is 17.2. The lowest BCUT2D eigenvalue weighted by molar-refractivity contribution is -0.139. The number of nitrogens with one attached hydrogen (secondary N) is 1. The van der Waals surface area contributed by atoms with Crippen LogP contribution in [-0.4, -0.2) is 30.1 Å². The van der Waals surface area contributed by atoms with E-state index < -0.39 is 17.9 Å². The Hall–Kier alpha value is -4.13. The number of rotatable bonds is 7. The van der Waals surface area contributed by atoms with Crippen LogP contribution in [-0.2, 0) is 11.2 Å². The number of methoxy groups -OCH3 is 1. The van der Waals surface area contributed by atoms with Crippen molar-refractivity contribution in [3.63, 3.8) is 0 Å². The molecule has 0 saturated carbocycles. The highest BCUT2D eigenvalue weighted by atomic mass is 19.1. The van der Waals surface area contributed by atoms with Gasteiger partial charge in [-0.05, 0) is 53.1 Å². The van der Waals surface area contributed by atoms with E-state index in [1.807, 2.05) is 12.1 Å². The Balaban J connectivity index is 1.47. The monoisotopic (exact) mass is 433 g/mol. The number of hydrogen-bond donors (Lipinski definition) is 2. The second kappa shape index (κ2) is 8.93. The topological polar surface area (TPSA) is 88.8 Å². The van der Waals surface area contributed by atoms with E-state index in [-0.39, 0.29) is 18.0 Å². The summed E-state index contributed by atoms with van der Waals surface area (Å²) >= 11 is 0. The summed E-state index contributed by atoms with van der Waals surface area (Å²) in [6.45, 7) is 0. The Morgan fingerprint density at radius 1 is 1.00 bits per heavy atom. The van der Waals surface area contributed by atoms with Crippen LogP contribution in [0.5, 0.6) is 5.75 Å². The third-order valence-electron chi connectivity index (χ3n) is 5.12. The Morgan fingerprint density at radius 3 is 2.28 bits per heavy atom. The molecule has 0 radical (unpaired) electrons.